The van der Waals surface area contributed by atoms with Gasteiger partial charge in [0, 0.05) is 12.6 Å². The largest absolute Gasteiger partial charge is 0.379 e. The molecule has 1 aromatic rings. The lowest BCUT2D eigenvalue weighted by Gasteiger charge is -2.18. The van der Waals surface area contributed by atoms with Crippen LogP contribution >= 0.6 is 0 Å². The molecule has 0 fully saturated rings. The Kier molecular flexibility index (Phi) is 4.33. The SMILES string of the molecule is Cc1cc(NCCC(C)(C)C)c([N+](=O)[O-])cc1C. The molecule has 1 rings (SSSR count). The van der Waals surface area contributed by atoms with Gasteiger partial charge in [0.25, 0.3) is 5.69 Å². The van der Waals surface area contributed by atoms with Gasteiger partial charge in [0.15, 0.2) is 0 Å². The number of nitrogens with one attached hydrogen (secondary N) is 1. The number of rotatable bonds is 4. The lowest BCUT2D eigenvalue weighted by Crippen LogP contribution is -2.13. The van der Waals surface area contributed by atoms with Crippen LogP contribution in [0.3, 0.4) is 0 Å². The molecule has 0 amide bonds. The smallest absolute Gasteiger partial charge is 0.292 e. The van der Waals surface area contributed by atoms with Crippen LogP contribution in [0.25, 0.3) is 0 Å². The summed E-state index contributed by atoms with van der Waals surface area (Å²) in [5.41, 5.74) is 3.02. The van der Waals surface area contributed by atoms with Crippen LogP contribution in [0, 0.1) is 29.4 Å². The van der Waals surface area contributed by atoms with Crippen LogP contribution in [0.4, 0.5) is 11.4 Å². The molecule has 0 aliphatic heterocycles. The number of nitro benzene ring substituents is 1. The zero-order chi connectivity index (χ0) is 13.9. The van der Waals surface area contributed by atoms with Gasteiger partial charge >= 0.3 is 0 Å². The van der Waals surface area contributed by atoms with Crippen molar-refractivity contribution in [3.05, 3.63) is 33.4 Å². The summed E-state index contributed by atoms with van der Waals surface area (Å²) in [5, 5.41) is 14.2. The summed E-state index contributed by atoms with van der Waals surface area (Å²) in [6.45, 7) is 11.1. The van der Waals surface area contributed by atoms with Crippen LogP contribution in [0.1, 0.15) is 38.3 Å². The number of nitro groups is 1. The second-order valence-corrected chi connectivity index (χ2v) is 5.95. The molecule has 0 unspecified atom stereocenters. The summed E-state index contributed by atoms with van der Waals surface area (Å²) < 4.78 is 0. The van der Waals surface area contributed by atoms with E-state index >= 15 is 0 Å². The van der Waals surface area contributed by atoms with Gasteiger partial charge in [0.1, 0.15) is 5.69 Å². The Balaban J connectivity index is 2.87. The van der Waals surface area contributed by atoms with E-state index in [0.717, 1.165) is 24.1 Å². The summed E-state index contributed by atoms with van der Waals surface area (Å²) in [6.07, 6.45) is 0.969. The summed E-state index contributed by atoms with van der Waals surface area (Å²) in [5.74, 6) is 0. The Morgan fingerprint density at radius 3 is 2.28 bits per heavy atom. The van der Waals surface area contributed by atoms with Crippen molar-refractivity contribution in [2.75, 3.05) is 11.9 Å². The van der Waals surface area contributed by atoms with E-state index in [2.05, 4.69) is 26.1 Å². The Labute approximate surface area is 109 Å². The number of hydrogen-bond acceptors (Lipinski definition) is 3. The molecule has 0 radical (unpaired) electrons. The van der Waals surface area contributed by atoms with Crippen molar-refractivity contribution in [2.24, 2.45) is 5.41 Å². The van der Waals surface area contributed by atoms with Gasteiger partial charge in [-0.1, -0.05) is 20.8 Å². The number of benzene rings is 1. The molecular weight excluding hydrogens is 228 g/mol. The van der Waals surface area contributed by atoms with Gasteiger partial charge in [0.2, 0.25) is 0 Å². The average Bonchev–Trinajstić information content (AvgIpc) is 2.20. The predicted octanol–water partition coefficient (Wildman–Crippen LogP) is 4.06. The molecular formula is C14H22N2O2. The number of nitrogens with zero attached hydrogens (tertiary/aromatic N) is 1. The third kappa shape index (κ3) is 4.02. The first-order valence-electron chi connectivity index (χ1n) is 6.20. The van der Waals surface area contributed by atoms with Crippen molar-refractivity contribution >= 4 is 11.4 Å². The Morgan fingerprint density at radius 2 is 1.78 bits per heavy atom. The Bertz CT molecular complexity index is 448. The first-order valence-corrected chi connectivity index (χ1v) is 6.20. The number of aryl methyl sites for hydroxylation is 2. The highest BCUT2D eigenvalue weighted by Gasteiger charge is 2.16. The lowest BCUT2D eigenvalue weighted by molar-refractivity contribution is -0.384. The van der Waals surface area contributed by atoms with E-state index in [1.165, 1.54) is 0 Å². The quantitative estimate of drug-likeness (QED) is 0.647. The molecule has 0 aromatic heterocycles. The minimum atomic E-state index is -0.328. The zero-order valence-corrected chi connectivity index (χ0v) is 11.8. The molecule has 0 aliphatic rings. The molecule has 4 heteroatoms. The van der Waals surface area contributed by atoms with Crippen LogP contribution in [0.2, 0.25) is 0 Å². The van der Waals surface area contributed by atoms with E-state index < -0.39 is 0 Å². The molecule has 0 spiro atoms. The summed E-state index contributed by atoms with van der Waals surface area (Å²) in [6, 6.07) is 3.49. The van der Waals surface area contributed by atoms with Crippen LogP contribution in [0.15, 0.2) is 12.1 Å². The fraction of sp³-hybridized carbons (Fsp3) is 0.571. The van der Waals surface area contributed by atoms with Gasteiger partial charge in [0.05, 0.1) is 4.92 Å². The third-order valence-electron chi connectivity index (χ3n) is 3.00. The first-order chi connectivity index (χ1) is 8.20. The van der Waals surface area contributed by atoms with Gasteiger partial charge in [-0.2, -0.15) is 0 Å². The predicted molar refractivity (Wildman–Crippen MR) is 75.1 cm³/mol. The second kappa shape index (κ2) is 5.38. The molecule has 18 heavy (non-hydrogen) atoms. The summed E-state index contributed by atoms with van der Waals surface area (Å²) >= 11 is 0. The zero-order valence-electron chi connectivity index (χ0n) is 11.8. The van der Waals surface area contributed by atoms with E-state index in [1.54, 1.807) is 6.07 Å². The van der Waals surface area contributed by atoms with Gasteiger partial charge in [-0.15, -0.1) is 0 Å². The molecule has 0 aliphatic carbocycles. The van der Waals surface area contributed by atoms with E-state index in [0.29, 0.717) is 5.69 Å². The van der Waals surface area contributed by atoms with Crippen LogP contribution in [-0.2, 0) is 0 Å². The molecule has 100 valence electrons. The summed E-state index contributed by atoms with van der Waals surface area (Å²) in [7, 11) is 0. The van der Waals surface area contributed by atoms with Crippen molar-refractivity contribution in [3.63, 3.8) is 0 Å². The van der Waals surface area contributed by atoms with Crippen molar-refractivity contribution in [1.82, 2.24) is 0 Å². The minimum absolute atomic E-state index is 0.159. The lowest BCUT2D eigenvalue weighted by atomic mass is 9.92. The molecule has 1 aromatic carbocycles. The van der Waals surface area contributed by atoms with Crippen molar-refractivity contribution in [2.45, 2.75) is 41.0 Å². The summed E-state index contributed by atoms with van der Waals surface area (Å²) in [4.78, 5) is 10.7. The molecule has 0 atom stereocenters. The van der Waals surface area contributed by atoms with Crippen LogP contribution in [-0.4, -0.2) is 11.5 Å². The maximum absolute atomic E-state index is 11.0. The fourth-order valence-corrected chi connectivity index (χ4v) is 1.67. The maximum Gasteiger partial charge on any atom is 0.292 e. The van der Waals surface area contributed by atoms with E-state index in [-0.39, 0.29) is 16.0 Å². The average molecular weight is 250 g/mol. The Hall–Kier alpha value is -1.58. The molecule has 4 nitrogen and oxygen atoms in total. The molecule has 0 bridgehead atoms. The number of anilines is 1. The first kappa shape index (κ1) is 14.5. The van der Waals surface area contributed by atoms with Crippen molar-refractivity contribution in [3.8, 4) is 0 Å². The second-order valence-electron chi connectivity index (χ2n) is 5.95. The highest BCUT2D eigenvalue weighted by molar-refractivity contribution is 5.64. The van der Waals surface area contributed by atoms with Crippen molar-refractivity contribution < 1.29 is 4.92 Å². The highest BCUT2D eigenvalue weighted by Crippen LogP contribution is 2.28. The van der Waals surface area contributed by atoms with Crippen LogP contribution in [0.5, 0.6) is 0 Å². The van der Waals surface area contributed by atoms with Gasteiger partial charge in [-0.3, -0.25) is 10.1 Å². The normalized spacial score (nSPS) is 11.4. The van der Waals surface area contributed by atoms with Crippen molar-refractivity contribution in [1.29, 1.82) is 0 Å². The number of hydrogen-bond donors (Lipinski definition) is 1. The fourth-order valence-electron chi connectivity index (χ4n) is 1.67. The van der Waals surface area contributed by atoms with Gasteiger partial charge in [-0.05, 0) is 42.9 Å². The molecule has 0 saturated heterocycles. The van der Waals surface area contributed by atoms with Gasteiger partial charge in [-0.25, -0.2) is 0 Å². The topological polar surface area (TPSA) is 55.2 Å². The van der Waals surface area contributed by atoms with Crippen LogP contribution < -0.4 is 5.32 Å². The molecule has 1 N–H and O–H groups in total. The van der Waals surface area contributed by atoms with E-state index in [1.807, 2.05) is 19.9 Å². The third-order valence-corrected chi connectivity index (χ3v) is 3.00. The standard InChI is InChI=1S/C14H22N2O2/c1-10-8-12(15-7-6-14(3,4)5)13(16(17)18)9-11(10)2/h8-9,15H,6-7H2,1-5H3. The molecule has 0 heterocycles. The maximum atomic E-state index is 11.0. The minimum Gasteiger partial charge on any atom is -0.379 e. The van der Waals surface area contributed by atoms with E-state index in [4.69, 9.17) is 0 Å². The molecule has 0 saturated carbocycles. The highest BCUT2D eigenvalue weighted by atomic mass is 16.6. The Morgan fingerprint density at radius 1 is 1.22 bits per heavy atom. The van der Waals surface area contributed by atoms with Gasteiger partial charge < -0.3 is 5.32 Å². The van der Waals surface area contributed by atoms with E-state index in [9.17, 15) is 10.1 Å². The monoisotopic (exact) mass is 250 g/mol.